The Balaban J connectivity index is 6.82. The first-order valence-electron chi connectivity index (χ1n) is 10.5. The molecule has 0 saturated heterocycles. The van der Waals surface area contributed by atoms with Crippen LogP contribution in [0.4, 0.5) is 0 Å². The number of ether oxygens (including phenoxy) is 1. The number of hydrogen-bond acceptors (Lipinski definition) is 8. The summed E-state index contributed by atoms with van der Waals surface area (Å²) < 4.78 is 24.6. The van der Waals surface area contributed by atoms with Crippen LogP contribution in [-0.4, -0.2) is 68.1 Å². The van der Waals surface area contributed by atoms with Gasteiger partial charge in [-0.3, -0.25) is 0 Å². The minimum absolute atomic E-state index is 0.000225. The first-order valence-corrected chi connectivity index (χ1v) is 22.5. The second-order valence-corrected chi connectivity index (χ2v) is 27.8. The molecular weight excluding hydrogens is 469 g/mol. The smallest absolute Gasteiger partial charge is 0.417 e. The summed E-state index contributed by atoms with van der Waals surface area (Å²) in [7, 11) is -10.7. The zero-order chi connectivity index (χ0) is 25.1. The maximum absolute atomic E-state index is 13.0. The van der Waals surface area contributed by atoms with Crippen molar-refractivity contribution in [3.05, 3.63) is 12.2 Å². The van der Waals surface area contributed by atoms with Crippen molar-refractivity contribution >= 4 is 45.7 Å². The molecule has 2 unspecified atom stereocenters. The average molecular weight is 511 g/mol. The van der Waals surface area contributed by atoms with Crippen molar-refractivity contribution in [3.8, 4) is 0 Å². The second-order valence-electron chi connectivity index (χ2n) is 10.7. The molecule has 0 aromatic rings. The molecule has 0 fully saturated rings. The van der Waals surface area contributed by atoms with E-state index in [1.54, 1.807) is 6.92 Å². The van der Waals surface area contributed by atoms with E-state index >= 15 is 0 Å². The number of hydrogen-bond donors (Lipinski definition) is 2. The van der Waals surface area contributed by atoms with E-state index < -0.39 is 63.4 Å². The molecule has 2 N–H and O–H groups in total. The average Bonchev–Trinajstić information content (AvgIpc) is 2.49. The van der Waals surface area contributed by atoms with E-state index in [2.05, 4.69) is 6.58 Å². The second kappa shape index (κ2) is 10.7. The Morgan fingerprint density at radius 3 is 1.48 bits per heavy atom. The molecule has 0 radical (unpaired) electrons. The Hall–Kier alpha value is -0.452. The van der Waals surface area contributed by atoms with Crippen LogP contribution in [0.3, 0.4) is 0 Å². The van der Waals surface area contributed by atoms with Gasteiger partial charge in [0.25, 0.3) is 0 Å². The summed E-state index contributed by atoms with van der Waals surface area (Å²) >= 11 is 0. The quantitative estimate of drug-likeness (QED) is 0.177. The van der Waals surface area contributed by atoms with Crippen LogP contribution in [0.25, 0.3) is 0 Å². The number of carbonyl (C=O) groups is 2. The molecule has 0 aliphatic heterocycles. The molecule has 0 rings (SSSR count). The lowest BCUT2D eigenvalue weighted by Gasteiger charge is -2.49. The van der Waals surface area contributed by atoms with Crippen LogP contribution in [-0.2, 0) is 26.7 Å². The zero-order valence-electron chi connectivity index (χ0n) is 21.0. The fourth-order valence-electron chi connectivity index (χ4n) is 3.01. The van der Waals surface area contributed by atoms with E-state index in [-0.39, 0.29) is 12.0 Å². The molecule has 0 amide bonds. The number of aliphatic hydroxyl groups is 2. The van der Waals surface area contributed by atoms with E-state index in [0.717, 1.165) is 0 Å². The van der Waals surface area contributed by atoms with Gasteiger partial charge in [0.2, 0.25) is 0 Å². The Morgan fingerprint density at radius 2 is 1.26 bits per heavy atom. The standard InChI is InChI=1S/C19H42O8Si4/c1-13-16(19(23,14-20)18(22)24-17(21)15(2)3)31(25-28(4,5)6,26-29(7,8)9)27-30(10,11)12/h16,20,23H,2,13-14H2,1,3-12H3. The molecule has 0 heterocycles. The Labute approximate surface area is 191 Å². The molecule has 182 valence electrons. The van der Waals surface area contributed by atoms with Crippen molar-refractivity contribution in [3.63, 3.8) is 0 Å². The molecule has 0 aromatic heterocycles. The predicted molar refractivity (Wildman–Crippen MR) is 131 cm³/mol. The lowest BCUT2D eigenvalue weighted by atomic mass is 9.98. The molecule has 0 bridgehead atoms. The fraction of sp³-hybridized carbons (Fsp3) is 0.789. The third kappa shape index (κ3) is 9.51. The van der Waals surface area contributed by atoms with E-state index in [1.807, 2.05) is 58.9 Å². The minimum Gasteiger partial charge on any atom is -0.417 e. The van der Waals surface area contributed by atoms with Crippen LogP contribution in [0.5, 0.6) is 0 Å². The summed E-state index contributed by atoms with van der Waals surface area (Å²) in [5, 5.41) is 21.6. The van der Waals surface area contributed by atoms with E-state index in [0.29, 0.717) is 0 Å². The van der Waals surface area contributed by atoms with Crippen LogP contribution >= 0.6 is 0 Å². The maximum Gasteiger partial charge on any atom is 0.476 e. The topological polar surface area (TPSA) is 112 Å². The largest absolute Gasteiger partial charge is 0.476 e. The van der Waals surface area contributed by atoms with Crippen LogP contribution in [0, 0.1) is 0 Å². The summed E-state index contributed by atoms with van der Waals surface area (Å²) in [5.74, 6) is -2.23. The third-order valence-corrected chi connectivity index (χ3v) is 16.4. The van der Waals surface area contributed by atoms with E-state index in [9.17, 15) is 19.8 Å². The van der Waals surface area contributed by atoms with Crippen LogP contribution in [0.1, 0.15) is 20.3 Å². The Morgan fingerprint density at radius 1 is 0.903 bits per heavy atom. The molecule has 31 heavy (non-hydrogen) atoms. The Kier molecular flexibility index (Phi) is 10.5. The molecule has 8 nitrogen and oxygen atoms in total. The van der Waals surface area contributed by atoms with Crippen molar-refractivity contribution in [1.29, 1.82) is 0 Å². The highest BCUT2D eigenvalue weighted by Gasteiger charge is 2.64. The van der Waals surface area contributed by atoms with Gasteiger partial charge in [0.15, 0.2) is 30.6 Å². The van der Waals surface area contributed by atoms with Gasteiger partial charge in [0.05, 0.1) is 12.1 Å². The zero-order valence-corrected chi connectivity index (χ0v) is 25.0. The van der Waals surface area contributed by atoms with Crippen molar-refractivity contribution < 1.29 is 36.9 Å². The molecule has 0 aliphatic rings. The summed E-state index contributed by atoms with van der Waals surface area (Å²) in [5.41, 5.74) is -3.47. The molecule has 0 aliphatic carbocycles. The van der Waals surface area contributed by atoms with Crippen molar-refractivity contribution in [2.75, 3.05) is 6.61 Å². The van der Waals surface area contributed by atoms with Gasteiger partial charge in [-0.15, -0.1) is 0 Å². The lowest BCUT2D eigenvalue weighted by Crippen LogP contribution is -2.68. The van der Waals surface area contributed by atoms with E-state index in [1.165, 1.54) is 6.92 Å². The molecule has 12 heteroatoms. The van der Waals surface area contributed by atoms with Gasteiger partial charge in [0, 0.05) is 5.57 Å². The third-order valence-electron chi connectivity index (χ3n) is 3.89. The molecule has 0 spiro atoms. The number of carbonyl (C=O) groups excluding carboxylic acids is 2. The van der Waals surface area contributed by atoms with Crippen LogP contribution in [0.15, 0.2) is 12.2 Å². The molecule has 0 aromatic carbocycles. The van der Waals surface area contributed by atoms with Crippen molar-refractivity contribution in [1.82, 2.24) is 0 Å². The van der Waals surface area contributed by atoms with Gasteiger partial charge < -0.3 is 27.3 Å². The van der Waals surface area contributed by atoms with Gasteiger partial charge in [-0.25, -0.2) is 9.59 Å². The summed E-state index contributed by atoms with van der Waals surface area (Å²) in [4.78, 5) is 24.9. The highest BCUT2D eigenvalue weighted by Crippen LogP contribution is 2.43. The van der Waals surface area contributed by atoms with Gasteiger partial charge in [-0.1, -0.05) is 13.5 Å². The highest BCUT2D eigenvalue weighted by molar-refractivity contribution is 6.90. The molecular formula is C19H42O8Si4. The highest BCUT2D eigenvalue weighted by atomic mass is 28.5. The molecule has 2 atom stereocenters. The van der Waals surface area contributed by atoms with Crippen molar-refractivity contribution in [2.45, 2.75) is 90.3 Å². The number of esters is 2. The lowest BCUT2D eigenvalue weighted by molar-refractivity contribution is -0.177. The Bertz CT molecular complexity index is 622. The van der Waals surface area contributed by atoms with E-state index in [4.69, 9.17) is 17.1 Å². The van der Waals surface area contributed by atoms with Gasteiger partial charge >= 0.3 is 20.7 Å². The summed E-state index contributed by atoms with van der Waals surface area (Å²) in [6, 6.07) is 0. The normalized spacial score (nSPS) is 16.4. The predicted octanol–water partition coefficient (Wildman–Crippen LogP) is 3.63. The fourth-order valence-corrected chi connectivity index (χ4v) is 17.9. The monoisotopic (exact) mass is 510 g/mol. The first-order chi connectivity index (χ1) is 13.6. The summed E-state index contributed by atoms with van der Waals surface area (Å²) in [6.07, 6.45) is 0.207. The van der Waals surface area contributed by atoms with Gasteiger partial charge in [-0.05, 0) is 72.3 Å². The van der Waals surface area contributed by atoms with Gasteiger partial charge in [-0.2, -0.15) is 0 Å². The minimum atomic E-state index is -3.79. The van der Waals surface area contributed by atoms with Gasteiger partial charge in [0.1, 0.15) is 0 Å². The number of aliphatic hydroxyl groups excluding tert-OH is 1. The SMILES string of the molecule is C=C(C)C(=O)OC(=O)C(O)(CO)C(CC)[Si](O[Si](C)(C)C)(O[Si](C)(C)C)O[Si](C)(C)C. The maximum atomic E-state index is 13.0. The van der Waals surface area contributed by atoms with Crippen LogP contribution in [0.2, 0.25) is 64.5 Å². The summed E-state index contributed by atoms with van der Waals surface area (Å²) in [6.45, 7) is 23.4. The molecule has 0 saturated carbocycles. The van der Waals surface area contributed by atoms with Crippen LogP contribution < -0.4 is 0 Å². The first kappa shape index (κ1) is 30.5. The van der Waals surface area contributed by atoms with Crippen molar-refractivity contribution in [2.24, 2.45) is 0 Å². The number of rotatable bonds is 12.